The van der Waals surface area contributed by atoms with Gasteiger partial charge in [0.1, 0.15) is 11.6 Å². The molecule has 1 heterocycles. The lowest BCUT2D eigenvalue weighted by molar-refractivity contribution is 0.415. The molecule has 21 heavy (non-hydrogen) atoms. The second-order valence-electron chi connectivity index (χ2n) is 5.03. The Kier molecular flexibility index (Phi) is 3.73. The minimum absolute atomic E-state index is 0.760. The Hall–Kier alpha value is -2.55. The van der Waals surface area contributed by atoms with Crippen LogP contribution in [0.3, 0.4) is 0 Å². The van der Waals surface area contributed by atoms with Gasteiger partial charge in [0.15, 0.2) is 0 Å². The van der Waals surface area contributed by atoms with E-state index in [9.17, 15) is 0 Å². The third-order valence-corrected chi connectivity index (χ3v) is 3.68. The van der Waals surface area contributed by atoms with Crippen LogP contribution in [-0.2, 0) is 6.54 Å². The van der Waals surface area contributed by atoms with Crippen molar-refractivity contribution < 1.29 is 4.74 Å². The number of nitrogens with one attached hydrogen (secondary N) is 1. The first-order chi connectivity index (χ1) is 10.3. The highest BCUT2D eigenvalue weighted by atomic mass is 16.5. The molecule has 0 radical (unpaired) electrons. The number of hydrogen-bond acceptors (Lipinski definition) is 3. The summed E-state index contributed by atoms with van der Waals surface area (Å²) in [5, 5.41) is 5.65. The fourth-order valence-corrected chi connectivity index (χ4v) is 2.40. The largest absolute Gasteiger partial charge is 0.497 e. The van der Waals surface area contributed by atoms with Crippen LogP contribution in [0.25, 0.3) is 10.8 Å². The summed E-state index contributed by atoms with van der Waals surface area (Å²) < 4.78 is 5.30. The van der Waals surface area contributed by atoms with E-state index in [0.717, 1.165) is 28.9 Å². The van der Waals surface area contributed by atoms with Crippen molar-refractivity contribution in [1.29, 1.82) is 0 Å². The third kappa shape index (κ3) is 2.82. The number of fused-ring (bicyclic) bond motifs is 1. The molecule has 0 aliphatic carbocycles. The molecule has 106 valence electrons. The third-order valence-electron chi connectivity index (χ3n) is 3.68. The van der Waals surface area contributed by atoms with Gasteiger partial charge < -0.3 is 10.1 Å². The summed E-state index contributed by atoms with van der Waals surface area (Å²) in [5.41, 5.74) is 2.56. The lowest BCUT2D eigenvalue weighted by atomic mass is 10.1. The Morgan fingerprint density at radius 2 is 1.95 bits per heavy atom. The molecule has 1 aromatic heterocycles. The van der Waals surface area contributed by atoms with Gasteiger partial charge in [-0.3, -0.25) is 0 Å². The van der Waals surface area contributed by atoms with Gasteiger partial charge >= 0.3 is 0 Å². The van der Waals surface area contributed by atoms with E-state index in [1.165, 1.54) is 11.1 Å². The average Bonchev–Trinajstić information content (AvgIpc) is 2.53. The minimum Gasteiger partial charge on any atom is -0.497 e. The van der Waals surface area contributed by atoms with E-state index >= 15 is 0 Å². The Labute approximate surface area is 124 Å². The molecule has 0 bridgehead atoms. The number of anilines is 1. The van der Waals surface area contributed by atoms with Crippen LogP contribution in [0.1, 0.15) is 11.1 Å². The molecule has 0 unspecified atom stereocenters. The number of nitrogens with zero attached hydrogens (tertiary/aromatic N) is 1. The van der Waals surface area contributed by atoms with Gasteiger partial charge in [0.05, 0.1) is 7.11 Å². The normalized spacial score (nSPS) is 10.6. The second-order valence-corrected chi connectivity index (χ2v) is 5.03. The Morgan fingerprint density at radius 3 is 2.76 bits per heavy atom. The maximum atomic E-state index is 5.30. The van der Waals surface area contributed by atoms with Crippen LogP contribution in [0.5, 0.6) is 5.75 Å². The molecule has 2 aromatic carbocycles. The first-order valence-corrected chi connectivity index (χ1v) is 6.99. The zero-order valence-corrected chi connectivity index (χ0v) is 12.3. The molecule has 0 amide bonds. The van der Waals surface area contributed by atoms with Crippen LogP contribution >= 0.6 is 0 Å². The number of pyridine rings is 1. The van der Waals surface area contributed by atoms with Gasteiger partial charge in [-0.05, 0) is 41.6 Å². The van der Waals surface area contributed by atoms with Crippen molar-refractivity contribution in [3.63, 3.8) is 0 Å². The molecule has 0 fully saturated rings. The van der Waals surface area contributed by atoms with Gasteiger partial charge in [-0.25, -0.2) is 4.98 Å². The van der Waals surface area contributed by atoms with E-state index in [0.29, 0.717) is 0 Å². The first kappa shape index (κ1) is 13.4. The average molecular weight is 278 g/mol. The highest BCUT2D eigenvalue weighted by Crippen LogP contribution is 2.26. The Bertz CT molecular complexity index is 768. The predicted octanol–water partition coefficient (Wildman–Crippen LogP) is 4.16. The number of rotatable bonds is 4. The Morgan fingerprint density at radius 1 is 1.10 bits per heavy atom. The first-order valence-electron chi connectivity index (χ1n) is 6.99. The number of aromatic nitrogens is 1. The molecule has 1 N–H and O–H groups in total. The summed E-state index contributed by atoms with van der Waals surface area (Å²) in [6.45, 7) is 2.88. The fraction of sp³-hybridized carbons (Fsp3) is 0.167. The van der Waals surface area contributed by atoms with Gasteiger partial charge in [0.2, 0.25) is 0 Å². The van der Waals surface area contributed by atoms with E-state index in [1.54, 1.807) is 7.11 Å². The van der Waals surface area contributed by atoms with Crippen LogP contribution in [0, 0.1) is 6.92 Å². The predicted molar refractivity (Wildman–Crippen MR) is 86.8 cm³/mol. The van der Waals surface area contributed by atoms with Crippen molar-refractivity contribution in [2.75, 3.05) is 12.4 Å². The molecule has 0 atom stereocenters. The van der Waals surface area contributed by atoms with Gasteiger partial charge in [-0.2, -0.15) is 0 Å². The monoisotopic (exact) mass is 278 g/mol. The van der Waals surface area contributed by atoms with Crippen molar-refractivity contribution in [3.8, 4) is 5.75 Å². The molecular weight excluding hydrogens is 260 g/mol. The van der Waals surface area contributed by atoms with E-state index in [-0.39, 0.29) is 0 Å². The minimum atomic E-state index is 0.760. The van der Waals surface area contributed by atoms with E-state index < -0.39 is 0 Å². The standard InChI is InChI=1S/C18H18N2O/c1-13-5-3-4-6-15(13)12-20-18-17-11-16(21-2)8-7-14(17)9-10-19-18/h3-11H,12H2,1-2H3,(H,19,20). The second kappa shape index (κ2) is 5.83. The molecule has 0 saturated heterocycles. The number of ether oxygens (including phenoxy) is 1. The maximum absolute atomic E-state index is 5.30. The topological polar surface area (TPSA) is 34.1 Å². The molecule has 3 nitrogen and oxygen atoms in total. The van der Waals surface area contributed by atoms with Crippen LogP contribution in [0.4, 0.5) is 5.82 Å². The van der Waals surface area contributed by atoms with E-state index in [4.69, 9.17) is 4.74 Å². The van der Waals surface area contributed by atoms with Crippen LogP contribution in [0.15, 0.2) is 54.7 Å². The highest BCUT2D eigenvalue weighted by molar-refractivity contribution is 5.92. The van der Waals surface area contributed by atoms with Crippen molar-refractivity contribution in [3.05, 3.63) is 65.9 Å². The summed E-state index contributed by atoms with van der Waals surface area (Å²) in [6.07, 6.45) is 1.83. The molecule has 3 heteroatoms. The van der Waals surface area contributed by atoms with Crippen LogP contribution < -0.4 is 10.1 Å². The molecule has 3 aromatic rings. The zero-order chi connectivity index (χ0) is 14.7. The molecule has 0 spiro atoms. The highest BCUT2D eigenvalue weighted by Gasteiger charge is 2.04. The SMILES string of the molecule is COc1ccc2ccnc(NCc3ccccc3C)c2c1. The van der Waals surface area contributed by atoms with Crippen LogP contribution in [0.2, 0.25) is 0 Å². The molecule has 0 aliphatic rings. The zero-order valence-electron chi connectivity index (χ0n) is 12.3. The summed E-state index contributed by atoms with van der Waals surface area (Å²) in [7, 11) is 1.68. The van der Waals surface area contributed by atoms with Crippen LogP contribution in [-0.4, -0.2) is 12.1 Å². The van der Waals surface area contributed by atoms with Gasteiger partial charge in [0, 0.05) is 18.1 Å². The maximum Gasteiger partial charge on any atom is 0.134 e. The van der Waals surface area contributed by atoms with Gasteiger partial charge in [-0.15, -0.1) is 0 Å². The van der Waals surface area contributed by atoms with Crippen molar-refractivity contribution in [2.45, 2.75) is 13.5 Å². The molecule has 0 saturated carbocycles. The van der Waals surface area contributed by atoms with Gasteiger partial charge in [-0.1, -0.05) is 30.3 Å². The lowest BCUT2D eigenvalue weighted by Crippen LogP contribution is -2.03. The summed E-state index contributed by atoms with van der Waals surface area (Å²) >= 11 is 0. The number of methoxy groups -OCH3 is 1. The van der Waals surface area contributed by atoms with E-state index in [2.05, 4.69) is 47.6 Å². The lowest BCUT2D eigenvalue weighted by Gasteiger charge is -2.11. The smallest absolute Gasteiger partial charge is 0.134 e. The summed E-state index contributed by atoms with van der Waals surface area (Å²) in [5.74, 6) is 1.73. The van der Waals surface area contributed by atoms with Crippen molar-refractivity contribution in [1.82, 2.24) is 4.98 Å². The van der Waals surface area contributed by atoms with E-state index in [1.807, 2.05) is 24.4 Å². The number of aryl methyl sites for hydroxylation is 1. The molecule has 3 rings (SSSR count). The number of benzene rings is 2. The summed E-state index contributed by atoms with van der Waals surface area (Å²) in [4.78, 5) is 4.46. The summed E-state index contributed by atoms with van der Waals surface area (Å²) in [6, 6.07) is 16.4. The molecule has 0 aliphatic heterocycles. The quantitative estimate of drug-likeness (QED) is 0.778. The van der Waals surface area contributed by atoms with Crippen molar-refractivity contribution >= 4 is 16.6 Å². The fourth-order valence-electron chi connectivity index (χ4n) is 2.40. The Balaban J connectivity index is 1.91. The molecular formula is C18H18N2O. The van der Waals surface area contributed by atoms with Crippen molar-refractivity contribution in [2.24, 2.45) is 0 Å². The van der Waals surface area contributed by atoms with Gasteiger partial charge in [0.25, 0.3) is 0 Å². The number of hydrogen-bond donors (Lipinski definition) is 1.